The number of benzene rings is 2. The molecule has 0 saturated heterocycles. The molecule has 0 N–H and O–H groups in total. The zero-order chi connectivity index (χ0) is 21.8. The molecular formula is C23H20ClN3O2S2. The Hall–Kier alpha value is -2.61. The van der Waals surface area contributed by atoms with Crippen LogP contribution in [-0.2, 0) is 11.3 Å². The maximum Gasteiger partial charge on any atom is 0.276 e. The zero-order valence-electron chi connectivity index (χ0n) is 16.8. The van der Waals surface area contributed by atoms with Crippen molar-refractivity contribution in [2.45, 2.75) is 18.6 Å². The summed E-state index contributed by atoms with van der Waals surface area (Å²) in [6.45, 7) is 3.11. The summed E-state index contributed by atoms with van der Waals surface area (Å²) in [6.07, 6.45) is 0. The van der Waals surface area contributed by atoms with Crippen molar-refractivity contribution in [1.82, 2.24) is 14.5 Å². The third kappa shape index (κ3) is 4.69. The molecule has 8 heteroatoms. The number of thioether (sulfide) groups is 1. The summed E-state index contributed by atoms with van der Waals surface area (Å²) >= 11 is 8.99. The number of halogens is 1. The number of para-hydroxylation sites is 1. The molecular weight excluding hydrogens is 450 g/mol. The molecule has 1 amide bonds. The van der Waals surface area contributed by atoms with Crippen LogP contribution in [0.5, 0.6) is 0 Å². The number of amides is 1. The lowest BCUT2D eigenvalue weighted by Crippen LogP contribution is -2.32. The Morgan fingerprint density at radius 3 is 2.61 bits per heavy atom. The van der Waals surface area contributed by atoms with Gasteiger partial charge >= 0.3 is 0 Å². The summed E-state index contributed by atoms with van der Waals surface area (Å²) in [4.78, 5) is 32.6. The highest BCUT2D eigenvalue weighted by molar-refractivity contribution is 7.99. The van der Waals surface area contributed by atoms with Gasteiger partial charge in [0.2, 0.25) is 5.91 Å². The van der Waals surface area contributed by atoms with Crippen molar-refractivity contribution in [3.05, 3.63) is 87.0 Å². The van der Waals surface area contributed by atoms with E-state index in [-0.39, 0.29) is 17.2 Å². The quantitative estimate of drug-likeness (QED) is 0.274. The molecule has 2 aromatic carbocycles. The van der Waals surface area contributed by atoms with Crippen LogP contribution < -0.4 is 5.56 Å². The molecule has 0 fully saturated rings. The molecule has 0 radical (unpaired) electrons. The summed E-state index contributed by atoms with van der Waals surface area (Å²) in [6, 6.07) is 18.9. The number of fused-ring (bicyclic) bond motifs is 1. The first-order valence-corrected chi connectivity index (χ1v) is 12.0. The van der Waals surface area contributed by atoms with Gasteiger partial charge in [-0.3, -0.25) is 14.2 Å². The van der Waals surface area contributed by atoms with Crippen LogP contribution in [0.2, 0.25) is 5.02 Å². The molecule has 0 saturated carbocycles. The third-order valence-electron chi connectivity index (χ3n) is 4.82. The van der Waals surface area contributed by atoms with Crippen LogP contribution in [0.3, 0.4) is 0 Å². The number of hydrogen-bond donors (Lipinski definition) is 0. The molecule has 158 valence electrons. The molecule has 0 bridgehead atoms. The second kappa shape index (κ2) is 9.68. The van der Waals surface area contributed by atoms with E-state index in [1.807, 2.05) is 60.8 Å². The van der Waals surface area contributed by atoms with E-state index in [1.165, 1.54) is 27.7 Å². The molecule has 0 aliphatic heterocycles. The van der Waals surface area contributed by atoms with Crippen molar-refractivity contribution in [3.8, 4) is 5.69 Å². The fraction of sp³-hybridized carbons (Fsp3) is 0.174. The average Bonchev–Trinajstić information content (AvgIpc) is 3.26. The molecule has 5 nitrogen and oxygen atoms in total. The molecule has 0 unspecified atom stereocenters. The number of carbonyl (C=O) groups is 1. The van der Waals surface area contributed by atoms with Crippen molar-refractivity contribution in [2.75, 3.05) is 12.3 Å². The van der Waals surface area contributed by atoms with Crippen LogP contribution in [0.1, 0.15) is 12.5 Å². The lowest BCUT2D eigenvalue weighted by Gasteiger charge is -2.21. The minimum atomic E-state index is -0.181. The van der Waals surface area contributed by atoms with E-state index in [9.17, 15) is 9.59 Å². The van der Waals surface area contributed by atoms with Gasteiger partial charge in [0.25, 0.3) is 5.56 Å². The molecule has 0 atom stereocenters. The predicted molar refractivity (Wildman–Crippen MR) is 128 cm³/mol. The average molecular weight is 470 g/mol. The SMILES string of the molecule is CCN(Cc1ccccc1)C(=O)CSc1nc2ccsc2c(=O)n1-c1ccccc1Cl. The Kier molecular flexibility index (Phi) is 6.75. The Morgan fingerprint density at radius 2 is 1.87 bits per heavy atom. The fourth-order valence-corrected chi connectivity index (χ4v) is 5.12. The standard InChI is InChI=1S/C23H20ClN3O2S2/c1-2-26(14-16-8-4-3-5-9-16)20(28)15-31-23-25-18-12-13-30-21(18)22(29)27(23)19-11-7-6-10-17(19)24/h3-13H,2,14-15H2,1H3. The summed E-state index contributed by atoms with van der Waals surface area (Å²) in [5, 5.41) is 2.75. The molecule has 2 heterocycles. The van der Waals surface area contributed by atoms with E-state index in [1.54, 1.807) is 17.0 Å². The zero-order valence-corrected chi connectivity index (χ0v) is 19.2. The van der Waals surface area contributed by atoms with Gasteiger partial charge in [-0.1, -0.05) is 65.8 Å². The van der Waals surface area contributed by atoms with Gasteiger partial charge in [-0.15, -0.1) is 11.3 Å². The highest BCUT2D eigenvalue weighted by Gasteiger charge is 2.19. The first kappa shape index (κ1) is 21.6. The highest BCUT2D eigenvalue weighted by atomic mass is 35.5. The summed E-state index contributed by atoms with van der Waals surface area (Å²) < 4.78 is 2.07. The van der Waals surface area contributed by atoms with Gasteiger partial charge in [-0.25, -0.2) is 4.98 Å². The molecule has 0 aliphatic rings. The van der Waals surface area contributed by atoms with Crippen LogP contribution in [-0.4, -0.2) is 32.7 Å². The normalized spacial score (nSPS) is 11.0. The number of rotatable bonds is 7. The van der Waals surface area contributed by atoms with Crippen molar-refractivity contribution >= 4 is 50.8 Å². The number of thiophene rings is 1. The first-order chi connectivity index (χ1) is 15.1. The molecule has 0 spiro atoms. The summed E-state index contributed by atoms with van der Waals surface area (Å²) in [5.41, 5.74) is 2.08. The topological polar surface area (TPSA) is 55.2 Å². The fourth-order valence-electron chi connectivity index (χ4n) is 3.23. The number of hydrogen-bond acceptors (Lipinski definition) is 5. The second-order valence-electron chi connectivity index (χ2n) is 6.80. The van der Waals surface area contributed by atoms with E-state index >= 15 is 0 Å². The van der Waals surface area contributed by atoms with E-state index in [0.29, 0.717) is 39.2 Å². The van der Waals surface area contributed by atoms with Gasteiger partial charge in [0.05, 0.1) is 22.0 Å². The minimum Gasteiger partial charge on any atom is -0.338 e. The number of carbonyl (C=O) groups excluding carboxylic acids is 1. The Labute approximate surface area is 193 Å². The van der Waals surface area contributed by atoms with E-state index in [2.05, 4.69) is 4.98 Å². The third-order valence-corrected chi connectivity index (χ3v) is 6.95. The van der Waals surface area contributed by atoms with Gasteiger partial charge in [0, 0.05) is 13.1 Å². The van der Waals surface area contributed by atoms with Crippen LogP contribution >= 0.6 is 34.7 Å². The van der Waals surface area contributed by atoms with Crippen molar-refractivity contribution in [1.29, 1.82) is 0 Å². The van der Waals surface area contributed by atoms with Gasteiger partial charge < -0.3 is 4.90 Å². The predicted octanol–water partition coefficient (Wildman–Crippen LogP) is 5.24. The number of aromatic nitrogens is 2. The maximum absolute atomic E-state index is 13.2. The Morgan fingerprint density at radius 1 is 1.13 bits per heavy atom. The second-order valence-corrected chi connectivity index (χ2v) is 9.07. The van der Waals surface area contributed by atoms with Crippen molar-refractivity contribution < 1.29 is 4.79 Å². The van der Waals surface area contributed by atoms with Gasteiger partial charge in [-0.2, -0.15) is 0 Å². The minimum absolute atomic E-state index is 0.0123. The molecule has 2 aromatic heterocycles. The van der Waals surface area contributed by atoms with Crippen LogP contribution in [0.25, 0.3) is 15.9 Å². The van der Waals surface area contributed by atoms with Crippen molar-refractivity contribution in [2.24, 2.45) is 0 Å². The van der Waals surface area contributed by atoms with Crippen LogP contribution in [0.4, 0.5) is 0 Å². The largest absolute Gasteiger partial charge is 0.338 e. The molecule has 4 aromatic rings. The van der Waals surface area contributed by atoms with Crippen LogP contribution in [0, 0.1) is 0 Å². The van der Waals surface area contributed by atoms with Gasteiger partial charge in [-0.05, 0) is 36.1 Å². The monoisotopic (exact) mass is 469 g/mol. The molecule has 31 heavy (non-hydrogen) atoms. The van der Waals surface area contributed by atoms with E-state index in [0.717, 1.165) is 5.56 Å². The molecule has 0 aliphatic carbocycles. The maximum atomic E-state index is 13.2. The Balaban J connectivity index is 1.63. The lowest BCUT2D eigenvalue weighted by molar-refractivity contribution is -0.128. The van der Waals surface area contributed by atoms with Gasteiger partial charge in [0.1, 0.15) is 4.70 Å². The number of nitrogens with zero attached hydrogens (tertiary/aromatic N) is 3. The van der Waals surface area contributed by atoms with E-state index < -0.39 is 0 Å². The van der Waals surface area contributed by atoms with Crippen LogP contribution in [0.15, 0.2) is 76.0 Å². The van der Waals surface area contributed by atoms with Crippen molar-refractivity contribution in [3.63, 3.8) is 0 Å². The lowest BCUT2D eigenvalue weighted by atomic mass is 10.2. The highest BCUT2D eigenvalue weighted by Crippen LogP contribution is 2.27. The smallest absolute Gasteiger partial charge is 0.276 e. The van der Waals surface area contributed by atoms with E-state index in [4.69, 9.17) is 11.6 Å². The summed E-state index contributed by atoms with van der Waals surface area (Å²) in [5.74, 6) is 0.162. The Bertz CT molecular complexity index is 1270. The first-order valence-electron chi connectivity index (χ1n) is 9.78. The molecule has 4 rings (SSSR count). The van der Waals surface area contributed by atoms with Gasteiger partial charge in [0.15, 0.2) is 5.16 Å². The summed E-state index contributed by atoms with van der Waals surface area (Å²) in [7, 11) is 0.